The second-order valence-corrected chi connectivity index (χ2v) is 6.67. The average Bonchev–Trinajstić information content (AvgIpc) is 2.94. The molecule has 110 valence electrons. The maximum Gasteiger partial charge on any atom is 0.0613 e. The van der Waals surface area contributed by atoms with E-state index >= 15 is 0 Å². The molecule has 3 heterocycles. The summed E-state index contributed by atoms with van der Waals surface area (Å²) in [4.78, 5) is 2.84. The second kappa shape index (κ2) is 6.11. The standard InChI is InChI=1S/C16H30N2O/c1-3-16-12(7-8-19-16)11-18-14-5-6-15(18)10-13(9-14)17-4-2/h12-17H,3-11H2,1-2H3. The molecule has 0 spiro atoms. The van der Waals surface area contributed by atoms with Crippen LogP contribution in [-0.4, -0.2) is 48.8 Å². The van der Waals surface area contributed by atoms with Gasteiger partial charge in [0.05, 0.1) is 6.10 Å². The fourth-order valence-corrected chi connectivity index (χ4v) is 4.65. The highest BCUT2D eigenvalue weighted by molar-refractivity contribution is 4.98. The van der Waals surface area contributed by atoms with Gasteiger partial charge in [-0.15, -0.1) is 0 Å². The van der Waals surface area contributed by atoms with Gasteiger partial charge in [-0.1, -0.05) is 13.8 Å². The molecule has 3 fully saturated rings. The third-order valence-electron chi connectivity index (χ3n) is 5.57. The van der Waals surface area contributed by atoms with E-state index in [4.69, 9.17) is 4.74 Å². The number of nitrogens with zero attached hydrogens (tertiary/aromatic N) is 1. The Balaban J connectivity index is 1.58. The van der Waals surface area contributed by atoms with E-state index in [-0.39, 0.29) is 0 Å². The van der Waals surface area contributed by atoms with Gasteiger partial charge in [-0.2, -0.15) is 0 Å². The summed E-state index contributed by atoms with van der Waals surface area (Å²) in [7, 11) is 0. The summed E-state index contributed by atoms with van der Waals surface area (Å²) in [6.07, 6.45) is 8.60. The van der Waals surface area contributed by atoms with Crippen molar-refractivity contribution in [2.45, 2.75) is 76.6 Å². The van der Waals surface area contributed by atoms with Crippen LogP contribution in [0.2, 0.25) is 0 Å². The number of ether oxygens (including phenoxy) is 1. The van der Waals surface area contributed by atoms with Crippen molar-refractivity contribution in [2.24, 2.45) is 5.92 Å². The van der Waals surface area contributed by atoms with Crippen LogP contribution in [0, 0.1) is 5.92 Å². The van der Waals surface area contributed by atoms with Gasteiger partial charge in [0.15, 0.2) is 0 Å². The summed E-state index contributed by atoms with van der Waals surface area (Å²) >= 11 is 0. The van der Waals surface area contributed by atoms with E-state index < -0.39 is 0 Å². The van der Waals surface area contributed by atoms with Gasteiger partial charge >= 0.3 is 0 Å². The van der Waals surface area contributed by atoms with Crippen LogP contribution in [0.5, 0.6) is 0 Å². The number of rotatable bonds is 5. The molecule has 0 aromatic rings. The third-order valence-corrected chi connectivity index (χ3v) is 5.57. The molecule has 3 rings (SSSR count). The Labute approximate surface area is 118 Å². The minimum absolute atomic E-state index is 0.533. The van der Waals surface area contributed by atoms with Crippen molar-refractivity contribution >= 4 is 0 Å². The summed E-state index contributed by atoms with van der Waals surface area (Å²) in [6, 6.07) is 2.47. The number of fused-ring (bicyclic) bond motifs is 2. The Morgan fingerprint density at radius 1 is 1.11 bits per heavy atom. The molecule has 0 saturated carbocycles. The Bertz CT molecular complexity index is 282. The first kappa shape index (κ1) is 13.8. The molecule has 4 unspecified atom stereocenters. The molecule has 0 aromatic carbocycles. The summed E-state index contributed by atoms with van der Waals surface area (Å²) in [5, 5.41) is 3.67. The molecular weight excluding hydrogens is 236 g/mol. The normalized spacial score (nSPS) is 42.9. The first-order valence-electron chi connectivity index (χ1n) is 8.42. The number of piperidine rings is 1. The molecule has 0 radical (unpaired) electrons. The zero-order valence-corrected chi connectivity index (χ0v) is 12.6. The SMILES string of the molecule is CCNC1CC2CCC(C1)N2CC1CCOC1CC. The van der Waals surface area contributed by atoms with Crippen LogP contribution in [0.4, 0.5) is 0 Å². The van der Waals surface area contributed by atoms with E-state index in [2.05, 4.69) is 24.1 Å². The topological polar surface area (TPSA) is 24.5 Å². The fraction of sp³-hybridized carbons (Fsp3) is 1.00. The van der Waals surface area contributed by atoms with Gasteiger partial charge in [0.2, 0.25) is 0 Å². The first-order valence-corrected chi connectivity index (χ1v) is 8.42. The smallest absolute Gasteiger partial charge is 0.0613 e. The van der Waals surface area contributed by atoms with Crippen LogP contribution in [0.15, 0.2) is 0 Å². The van der Waals surface area contributed by atoms with E-state index in [1.165, 1.54) is 45.1 Å². The van der Waals surface area contributed by atoms with Gasteiger partial charge in [-0.25, -0.2) is 0 Å². The molecule has 3 saturated heterocycles. The zero-order valence-electron chi connectivity index (χ0n) is 12.6. The van der Waals surface area contributed by atoms with E-state index in [9.17, 15) is 0 Å². The summed E-state index contributed by atoms with van der Waals surface area (Å²) in [5.41, 5.74) is 0. The largest absolute Gasteiger partial charge is 0.378 e. The predicted molar refractivity (Wildman–Crippen MR) is 78.4 cm³/mol. The molecule has 4 atom stereocenters. The van der Waals surface area contributed by atoms with Gasteiger partial charge in [0.1, 0.15) is 0 Å². The van der Waals surface area contributed by atoms with Gasteiger partial charge in [-0.05, 0) is 51.0 Å². The summed E-state index contributed by atoms with van der Waals surface area (Å²) < 4.78 is 5.87. The molecular formula is C16H30N2O. The molecule has 0 aliphatic carbocycles. The lowest BCUT2D eigenvalue weighted by Gasteiger charge is -2.41. The maximum atomic E-state index is 5.87. The molecule has 0 aromatic heterocycles. The number of nitrogens with one attached hydrogen (secondary N) is 1. The van der Waals surface area contributed by atoms with Crippen LogP contribution in [-0.2, 0) is 4.74 Å². The molecule has 0 amide bonds. The minimum Gasteiger partial charge on any atom is -0.378 e. The Morgan fingerprint density at radius 3 is 2.47 bits per heavy atom. The Kier molecular flexibility index (Phi) is 4.45. The molecule has 3 aliphatic rings. The summed E-state index contributed by atoms with van der Waals surface area (Å²) in [5.74, 6) is 0.795. The number of hydrogen-bond acceptors (Lipinski definition) is 3. The minimum atomic E-state index is 0.533. The van der Waals surface area contributed by atoms with Crippen LogP contribution >= 0.6 is 0 Å². The number of hydrogen-bond donors (Lipinski definition) is 1. The van der Waals surface area contributed by atoms with Crippen molar-refractivity contribution in [3.8, 4) is 0 Å². The van der Waals surface area contributed by atoms with Gasteiger partial charge < -0.3 is 10.1 Å². The van der Waals surface area contributed by atoms with Crippen molar-refractivity contribution in [1.82, 2.24) is 10.2 Å². The fourth-order valence-electron chi connectivity index (χ4n) is 4.65. The zero-order chi connectivity index (χ0) is 13.2. The van der Waals surface area contributed by atoms with Crippen LogP contribution in [0.25, 0.3) is 0 Å². The van der Waals surface area contributed by atoms with Crippen LogP contribution in [0.1, 0.15) is 52.4 Å². The van der Waals surface area contributed by atoms with E-state index in [0.717, 1.165) is 37.2 Å². The average molecular weight is 266 g/mol. The first-order chi connectivity index (χ1) is 9.31. The molecule has 3 heteroatoms. The van der Waals surface area contributed by atoms with E-state index in [1.54, 1.807) is 0 Å². The molecule has 3 aliphatic heterocycles. The van der Waals surface area contributed by atoms with Gasteiger partial charge in [0, 0.05) is 31.3 Å². The highest BCUT2D eigenvalue weighted by Crippen LogP contribution is 2.38. The van der Waals surface area contributed by atoms with Crippen molar-refractivity contribution < 1.29 is 4.74 Å². The summed E-state index contributed by atoms with van der Waals surface area (Å²) in [6.45, 7) is 7.92. The van der Waals surface area contributed by atoms with Gasteiger partial charge in [0.25, 0.3) is 0 Å². The highest BCUT2D eigenvalue weighted by atomic mass is 16.5. The Morgan fingerprint density at radius 2 is 1.84 bits per heavy atom. The Hall–Kier alpha value is -0.120. The van der Waals surface area contributed by atoms with Crippen molar-refractivity contribution in [1.29, 1.82) is 0 Å². The lowest BCUT2D eigenvalue weighted by Crippen LogP contribution is -2.51. The predicted octanol–water partition coefficient (Wildman–Crippen LogP) is 2.41. The van der Waals surface area contributed by atoms with Gasteiger partial charge in [-0.3, -0.25) is 4.90 Å². The quantitative estimate of drug-likeness (QED) is 0.827. The van der Waals surface area contributed by atoms with Crippen LogP contribution in [0.3, 0.4) is 0 Å². The van der Waals surface area contributed by atoms with Crippen molar-refractivity contribution in [3.63, 3.8) is 0 Å². The monoisotopic (exact) mass is 266 g/mol. The van der Waals surface area contributed by atoms with E-state index in [0.29, 0.717) is 6.10 Å². The molecule has 3 nitrogen and oxygen atoms in total. The third kappa shape index (κ3) is 2.84. The molecule has 19 heavy (non-hydrogen) atoms. The lowest BCUT2D eigenvalue weighted by molar-refractivity contribution is 0.0515. The highest BCUT2D eigenvalue weighted by Gasteiger charge is 2.42. The van der Waals surface area contributed by atoms with Crippen LogP contribution < -0.4 is 5.32 Å². The molecule has 1 N–H and O–H groups in total. The molecule has 2 bridgehead atoms. The van der Waals surface area contributed by atoms with E-state index in [1.807, 2.05) is 0 Å². The maximum absolute atomic E-state index is 5.87. The van der Waals surface area contributed by atoms with Crippen molar-refractivity contribution in [3.05, 3.63) is 0 Å². The second-order valence-electron chi connectivity index (χ2n) is 6.67. The van der Waals surface area contributed by atoms with Crippen molar-refractivity contribution in [2.75, 3.05) is 19.7 Å². The lowest BCUT2D eigenvalue weighted by atomic mass is 9.93.